The summed E-state index contributed by atoms with van der Waals surface area (Å²) in [5.41, 5.74) is 9.55. The van der Waals surface area contributed by atoms with E-state index in [2.05, 4.69) is 109 Å². The third kappa shape index (κ3) is 9.52. The summed E-state index contributed by atoms with van der Waals surface area (Å²) < 4.78 is 10.7. The Labute approximate surface area is 373 Å². The molecule has 0 saturated heterocycles. The van der Waals surface area contributed by atoms with Crippen LogP contribution < -0.4 is 10.2 Å². The summed E-state index contributed by atoms with van der Waals surface area (Å²) in [6, 6.07) is 63.1. The van der Waals surface area contributed by atoms with Crippen LogP contribution in [0.4, 0.5) is 10.5 Å². The lowest BCUT2D eigenvalue weighted by Crippen LogP contribution is -2.51. The number of nitrogens with one attached hydrogen (secondary N) is 1. The first kappa shape index (κ1) is 42.5. The Bertz CT molecular complexity index is 2500. The van der Waals surface area contributed by atoms with Crippen molar-refractivity contribution in [2.45, 2.75) is 23.1 Å². The van der Waals surface area contributed by atoms with Gasteiger partial charge in [-0.15, -0.1) is 11.8 Å². The fraction of sp³-hybridized carbons (Fsp3) is 0.145. The second-order valence-electron chi connectivity index (χ2n) is 15.3. The molecule has 0 spiro atoms. The van der Waals surface area contributed by atoms with Crippen LogP contribution in [-0.2, 0) is 25.4 Å². The molecule has 8 rings (SSSR count). The number of rotatable bonds is 17. The van der Waals surface area contributed by atoms with E-state index in [4.69, 9.17) is 9.47 Å². The molecule has 314 valence electrons. The minimum atomic E-state index is -0.993. The number of hydrogen-bond donors (Lipinski definition) is 1. The van der Waals surface area contributed by atoms with Crippen LogP contribution in [-0.4, -0.2) is 49.5 Å². The molecule has 0 aliphatic heterocycles. The van der Waals surface area contributed by atoms with Crippen molar-refractivity contribution in [3.8, 4) is 11.1 Å². The highest BCUT2D eigenvalue weighted by molar-refractivity contribution is 8.00. The Morgan fingerprint density at radius 1 is 0.635 bits per heavy atom. The first-order valence-electron chi connectivity index (χ1n) is 21.1. The van der Waals surface area contributed by atoms with Gasteiger partial charge in [-0.05, 0) is 68.8 Å². The number of anilines is 1. The second kappa shape index (κ2) is 20.1. The molecule has 0 bridgehead atoms. The lowest BCUT2D eigenvalue weighted by molar-refractivity contribution is -0.120. The number of amides is 2. The number of ether oxygens (including phenoxy) is 2. The molecule has 7 aromatic carbocycles. The van der Waals surface area contributed by atoms with Gasteiger partial charge in [0, 0.05) is 30.3 Å². The molecule has 1 N–H and O–H groups in total. The molecule has 7 aromatic rings. The fourth-order valence-electron chi connectivity index (χ4n) is 8.44. The van der Waals surface area contributed by atoms with Gasteiger partial charge in [-0.1, -0.05) is 183 Å². The Morgan fingerprint density at radius 2 is 1.13 bits per heavy atom. The van der Waals surface area contributed by atoms with Crippen molar-refractivity contribution in [3.05, 3.63) is 246 Å². The molecule has 1 aliphatic rings. The van der Waals surface area contributed by atoms with Gasteiger partial charge in [-0.25, -0.2) is 9.59 Å². The molecular weight excluding hydrogens is 801 g/mol. The summed E-state index contributed by atoms with van der Waals surface area (Å²) in [6.45, 7) is 4.10. The van der Waals surface area contributed by atoms with Crippen molar-refractivity contribution < 1.29 is 23.9 Å². The molecule has 0 saturated carbocycles. The molecule has 1 atom stereocenters. The summed E-state index contributed by atoms with van der Waals surface area (Å²) >= 11 is 1.74. The predicted molar refractivity (Wildman–Crippen MR) is 253 cm³/mol. The van der Waals surface area contributed by atoms with E-state index in [1.165, 1.54) is 6.08 Å². The maximum Gasteiger partial charge on any atom is 0.407 e. The maximum absolute atomic E-state index is 15.2. The molecule has 0 aromatic heterocycles. The number of carbonyl (C=O) groups excluding carboxylic acids is 3. The van der Waals surface area contributed by atoms with E-state index in [0.29, 0.717) is 17.0 Å². The Kier molecular flexibility index (Phi) is 13.6. The van der Waals surface area contributed by atoms with Gasteiger partial charge < -0.3 is 19.7 Å². The Morgan fingerprint density at radius 3 is 1.65 bits per heavy atom. The molecule has 63 heavy (non-hydrogen) atoms. The van der Waals surface area contributed by atoms with Crippen LogP contribution in [0.1, 0.15) is 49.7 Å². The van der Waals surface area contributed by atoms with Gasteiger partial charge in [-0.3, -0.25) is 4.79 Å². The van der Waals surface area contributed by atoms with E-state index < -0.39 is 22.9 Å². The van der Waals surface area contributed by atoms with E-state index in [1.54, 1.807) is 40.9 Å². The van der Waals surface area contributed by atoms with Crippen molar-refractivity contribution in [2.75, 3.05) is 30.4 Å². The molecule has 7 nitrogen and oxygen atoms in total. The maximum atomic E-state index is 15.2. The van der Waals surface area contributed by atoms with E-state index in [-0.39, 0.29) is 38.0 Å². The quantitative estimate of drug-likeness (QED) is 0.0558. The molecule has 1 aliphatic carbocycles. The van der Waals surface area contributed by atoms with Crippen LogP contribution >= 0.6 is 11.8 Å². The van der Waals surface area contributed by atoms with Crippen LogP contribution in [0.25, 0.3) is 11.1 Å². The molecule has 0 heterocycles. The lowest BCUT2D eigenvalue weighted by Gasteiger charge is -2.36. The van der Waals surface area contributed by atoms with Crippen molar-refractivity contribution in [3.63, 3.8) is 0 Å². The first-order chi connectivity index (χ1) is 31.0. The largest absolute Gasteiger partial charge is 0.458 e. The van der Waals surface area contributed by atoms with Gasteiger partial charge in [0.15, 0.2) is 0 Å². The number of nitrogens with zero attached hydrogens (tertiary/aromatic N) is 1. The van der Waals surface area contributed by atoms with E-state index >= 15 is 4.79 Å². The number of alkyl carbamates (subject to hydrolysis) is 1. The van der Waals surface area contributed by atoms with Crippen molar-refractivity contribution >= 4 is 35.4 Å². The molecule has 0 fully saturated rings. The minimum Gasteiger partial charge on any atom is -0.458 e. The Hall–Kier alpha value is -7.16. The monoisotopic (exact) mass is 848 g/mol. The highest BCUT2D eigenvalue weighted by Crippen LogP contribution is 2.49. The zero-order valence-electron chi connectivity index (χ0n) is 34.8. The second-order valence-corrected chi connectivity index (χ2v) is 16.6. The average Bonchev–Trinajstić information content (AvgIpc) is 3.67. The standard InChI is InChI=1S/C55H48N2O5S/c1-2-36-61-53(59)41-31-33-45(34-32-41)57(35-37-63-55(42-21-9-4-10-22-42,43-23-11-5-12-24-43)44-25-13-6-14-26-44)52(58)51(38-40-19-7-3-8-20-40)56-54(60)62-39-50-48-29-17-15-27-46(48)47-28-16-18-30-49(47)50/h2-34,50-51H,1,35-39H2,(H,56,60)/t51-/m0/s1. The number of carbonyl (C=O) groups is 3. The summed E-state index contributed by atoms with van der Waals surface area (Å²) in [7, 11) is 0. The van der Waals surface area contributed by atoms with Crippen LogP contribution in [0.15, 0.2) is 207 Å². The van der Waals surface area contributed by atoms with Gasteiger partial charge in [0.05, 0.1) is 10.3 Å². The average molecular weight is 849 g/mol. The molecular formula is C55H48N2O5S. The summed E-state index contributed by atoms with van der Waals surface area (Å²) in [5.74, 6) is -0.459. The molecule has 0 radical (unpaired) electrons. The topological polar surface area (TPSA) is 84.9 Å². The van der Waals surface area contributed by atoms with Crippen LogP contribution in [0.3, 0.4) is 0 Å². The highest BCUT2D eigenvalue weighted by atomic mass is 32.2. The van der Waals surface area contributed by atoms with Gasteiger partial charge in [0.2, 0.25) is 5.91 Å². The lowest BCUT2D eigenvalue weighted by atomic mass is 9.84. The normalized spacial score (nSPS) is 12.3. The van der Waals surface area contributed by atoms with Gasteiger partial charge in [0.1, 0.15) is 19.3 Å². The number of hydrogen-bond acceptors (Lipinski definition) is 6. The zero-order chi connectivity index (χ0) is 43.4. The van der Waals surface area contributed by atoms with Crippen LogP contribution in [0, 0.1) is 0 Å². The third-order valence-corrected chi connectivity index (χ3v) is 12.9. The number of esters is 1. The van der Waals surface area contributed by atoms with Crippen molar-refractivity contribution in [2.24, 2.45) is 0 Å². The van der Waals surface area contributed by atoms with Gasteiger partial charge in [0.25, 0.3) is 0 Å². The molecule has 8 heteroatoms. The summed E-state index contributed by atoms with van der Waals surface area (Å²) in [4.78, 5) is 43.7. The first-order valence-corrected chi connectivity index (χ1v) is 22.1. The van der Waals surface area contributed by atoms with E-state index in [0.717, 1.165) is 44.5 Å². The van der Waals surface area contributed by atoms with E-state index in [9.17, 15) is 9.59 Å². The van der Waals surface area contributed by atoms with Crippen LogP contribution in [0.5, 0.6) is 0 Å². The minimum absolute atomic E-state index is 0.0805. The Balaban J connectivity index is 1.11. The predicted octanol–water partition coefficient (Wildman–Crippen LogP) is 11.2. The molecule has 2 amide bonds. The fourth-order valence-corrected chi connectivity index (χ4v) is 9.93. The summed E-state index contributed by atoms with van der Waals surface area (Å²) in [6.07, 6.45) is 1.06. The number of benzene rings is 7. The van der Waals surface area contributed by atoms with Gasteiger partial charge in [-0.2, -0.15) is 0 Å². The number of thioether (sulfide) groups is 1. The van der Waals surface area contributed by atoms with Crippen molar-refractivity contribution in [1.82, 2.24) is 5.32 Å². The highest BCUT2D eigenvalue weighted by Gasteiger charge is 2.38. The molecule has 0 unspecified atom stereocenters. The van der Waals surface area contributed by atoms with E-state index in [1.807, 2.05) is 72.8 Å². The smallest absolute Gasteiger partial charge is 0.407 e. The SMILES string of the molecule is C=CCOC(=O)c1ccc(N(CCSC(c2ccccc2)(c2ccccc2)c2ccccc2)C(=O)[C@H](Cc2ccccc2)NC(=O)OCC2c3ccccc3-c3ccccc32)cc1. The van der Waals surface area contributed by atoms with Crippen LogP contribution in [0.2, 0.25) is 0 Å². The number of fused-ring (bicyclic) bond motifs is 3. The van der Waals surface area contributed by atoms with Gasteiger partial charge >= 0.3 is 12.1 Å². The zero-order valence-corrected chi connectivity index (χ0v) is 35.7. The third-order valence-electron chi connectivity index (χ3n) is 11.4. The van der Waals surface area contributed by atoms with Crippen molar-refractivity contribution in [1.29, 1.82) is 0 Å². The summed E-state index contributed by atoms with van der Waals surface area (Å²) in [5, 5.41) is 2.98.